The first-order valence-electron chi connectivity index (χ1n) is 10.6. The highest BCUT2D eigenvalue weighted by Gasteiger charge is 2.31. The van der Waals surface area contributed by atoms with Gasteiger partial charge in [0.05, 0.1) is 6.10 Å². The highest BCUT2D eigenvalue weighted by molar-refractivity contribution is 14.0. The van der Waals surface area contributed by atoms with Crippen molar-refractivity contribution in [1.82, 2.24) is 15.5 Å². The molecule has 2 aliphatic rings. The molecule has 1 saturated heterocycles. The van der Waals surface area contributed by atoms with E-state index in [1.54, 1.807) is 0 Å². The summed E-state index contributed by atoms with van der Waals surface area (Å²) in [6, 6.07) is 4.96. The number of piperidine rings is 1. The van der Waals surface area contributed by atoms with Crippen molar-refractivity contribution in [3.63, 3.8) is 0 Å². The van der Waals surface area contributed by atoms with E-state index in [4.69, 9.17) is 4.74 Å². The zero-order valence-corrected chi connectivity index (χ0v) is 20.5. The summed E-state index contributed by atoms with van der Waals surface area (Å²) in [6.45, 7) is 3.91. The van der Waals surface area contributed by atoms with Crippen LogP contribution in [0.2, 0.25) is 0 Å². The molecule has 28 heavy (non-hydrogen) atoms. The summed E-state index contributed by atoms with van der Waals surface area (Å²) in [5.74, 6) is 1.53. The molecule has 2 heterocycles. The van der Waals surface area contributed by atoms with Gasteiger partial charge in [0, 0.05) is 37.7 Å². The largest absolute Gasteiger partial charge is 0.378 e. The predicted molar refractivity (Wildman–Crippen MR) is 130 cm³/mol. The second kappa shape index (κ2) is 13.0. The molecule has 0 spiro atoms. The molecule has 0 bridgehead atoms. The number of hydrogen-bond donors (Lipinski definition) is 2. The zero-order chi connectivity index (χ0) is 18.9. The van der Waals surface area contributed by atoms with E-state index >= 15 is 0 Å². The second-order valence-corrected chi connectivity index (χ2v) is 8.83. The first-order valence-corrected chi connectivity index (χ1v) is 11.5. The molecule has 0 radical (unpaired) electrons. The van der Waals surface area contributed by atoms with Crippen LogP contribution in [0.1, 0.15) is 55.9 Å². The van der Waals surface area contributed by atoms with Gasteiger partial charge < -0.3 is 15.4 Å². The Balaban J connectivity index is 0.00000280. The number of ether oxygens (including phenoxy) is 1. The zero-order valence-electron chi connectivity index (χ0n) is 17.4. The molecule has 1 aromatic rings. The minimum absolute atomic E-state index is 0. The fourth-order valence-electron chi connectivity index (χ4n) is 4.41. The molecule has 0 amide bonds. The Kier molecular flexibility index (Phi) is 11.1. The molecule has 1 aliphatic heterocycles. The van der Waals surface area contributed by atoms with E-state index in [-0.39, 0.29) is 24.0 Å². The van der Waals surface area contributed by atoms with Crippen LogP contribution < -0.4 is 10.6 Å². The Hall–Kier alpha value is -0.380. The van der Waals surface area contributed by atoms with Gasteiger partial charge in [0.15, 0.2) is 5.96 Å². The number of halogens is 1. The third kappa shape index (κ3) is 7.15. The van der Waals surface area contributed by atoms with Gasteiger partial charge in [-0.05, 0) is 63.1 Å². The van der Waals surface area contributed by atoms with Crippen molar-refractivity contribution >= 4 is 41.3 Å². The first-order chi connectivity index (χ1) is 13.3. The quantitative estimate of drug-likeness (QED) is 0.233. The fraction of sp³-hybridized carbons (Fsp3) is 0.762. The van der Waals surface area contributed by atoms with Gasteiger partial charge in [0.2, 0.25) is 0 Å². The molecule has 7 heteroatoms. The number of guanidine groups is 1. The van der Waals surface area contributed by atoms with Crippen LogP contribution in [0.25, 0.3) is 0 Å². The molecule has 1 saturated carbocycles. The van der Waals surface area contributed by atoms with E-state index in [1.807, 2.05) is 18.4 Å². The number of likely N-dealkylation sites (tertiary alicyclic amines) is 1. The highest BCUT2D eigenvalue weighted by atomic mass is 127. The normalized spacial score (nSPS) is 24.1. The minimum atomic E-state index is 0. The molecule has 1 aliphatic carbocycles. The summed E-state index contributed by atoms with van der Waals surface area (Å²) in [5, 5.41) is 9.19. The van der Waals surface area contributed by atoms with Crippen molar-refractivity contribution in [1.29, 1.82) is 0 Å². The summed E-state index contributed by atoms with van der Waals surface area (Å²) in [5.41, 5.74) is 0. The van der Waals surface area contributed by atoms with Gasteiger partial charge in [-0.3, -0.25) is 9.89 Å². The van der Waals surface area contributed by atoms with Crippen molar-refractivity contribution in [3.05, 3.63) is 22.4 Å². The summed E-state index contributed by atoms with van der Waals surface area (Å²) >= 11 is 1.88. The maximum absolute atomic E-state index is 5.94. The van der Waals surface area contributed by atoms with E-state index in [0.717, 1.165) is 32.1 Å². The third-order valence-electron chi connectivity index (χ3n) is 5.87. The summed E-state index contributed by atoms with van der Waals surface area (Å²) in [7, 11) is 4.11. The maximum atomic E-state index is 5.94. The van der Waals surface area contributed by atoms with Crippen LogP contribution in [0.4, 0.5) is 0 Å². The average Bonchev–Trinajstić information content (AvgIpc) is 3.38. The molecule has 2 fully saturated rings. The van der Waals surface area contributed by atoms with Crippen LogP contribution in [0.3, 0.4) is 0 Å². The van der Waals surface area contributed by atoms with Gasteiger partial charge in [0.1, 0.15) is 0 Å². The van der Waals surface area contributed by atoms with Crippen molar-refractivity contribution in [2.75, 3.05) is 40.3 Å². The summed E-state index contributed by atoms with van der Waals surface area (Å²) in [6.07, 6.45) is 9.25. The lowest BCUT2D eigenvalue weighted by Gasteiger charge is -2.39. The lowest BCUT2D eigenvalue weighted by atomic mass is 9.88. The number of nitrogens with zero attached hydrogens (tertiary/aromatic N) is 2. The van der Waals surface area contributed by atoms with Crippen LogP contribution in [0.15, 0.2) is 22.5 Å². The number of rotatable bonds is 8. The average molecular weight is 521 g/mol. The van der Waals surface area contributed by atoms with Crippen LogP contribution in [-0.2, 0) is 4.74 Å². The third-order valence-corrected chi connectivity index (χ3v) is 6.81. The first kappa shape index (κ1) is 23.9. The van der Waals surface area contributed by atoms with Crippen LogP contribution in [0, 0.1) is 5.92 Å². The molecule has 3 rings (SSSR count). The molecule has 0 aromatic carbocycles. The Morgan fingerprint density at radius 2 is 2.07 bits per heavy atom. The number of nitrogens with one attached hydrogen (secondary N) is 2. The summed E-state index contributed by atoms with van der Waals surface area (Å²) < 4.78 is 5.94. The summed E-state index contributed by atoms with van der Waals surface area (Å²) in [4.78, 5) is 8.39. The Labute approximate surface area is 191 Å². The van der Waals surface area contributed by atoms with E-state index in [0.29, 0.717) is 18.1 Å². The maximum Gasteiger partial charge on any atom is 0.190 e. The van der Waals surface area contributed by atoms with Crippen LogP contribution in [-0.4, -0.2) is 57.3 Å². The monoisotopic (exact) mass is 520 g/mol. The van der Waals surface area contributed by atoms with E-state index < -0.39 is 0 Å². The molecule has 2 atom stereocenters. The van der Waals surface area contributed by atoms with Gasteiger partial charge in [-0.25, -0.2) is 0 Å². The molecular weight excluding hydrogens is 483 g/mol. The SMILES string of the molecule is CN=C(NCCCOC1CCCC1)NCC1CCCN(C)C1c1cccs1.I. The van der Waals surface area contributed by atoms with Crippen molar-refractivity contribution < 1.29 is 4.74 Å². The lowest BCUT2D eigenvalue weighted by Crippen LogP contribution is -2.45. The minimum Gasteiger partial charge on any atom is -0.378 e. The molecule has 1 aromatic heterocycles. The fourth-order valence-corrected chi connectivity index (χ4v) is 5.40. The number of hydrogen-bond acceptors (Lipinski definition) is 4. The number of thiophene rings is 1. The van der Waals surface area contributed by atoms with Gasteiger partial charge in [-0.2, -0.15) is 0 Å². The van der Waals surface area contributed by atoms with Crippen molar-refractivity contribution in [3.8, 4) is 0 Å². The Morgan fingerprint density at radius 3 is 2.79 bits per heavy atom. The molecule has 160 valence electrons. The van der Waals surface area contributed by atoms with E-state index in [9.17, 15) is 0 Å². The smallest absolute Gasteiger partial charge is 0.190 e. The molecule has 5 nitrogen and oxygen atoms in total. The number of aliphatic imine (C=N–C) groups is 1. The van der Waals surface area contributed by atoms with E-state index in [1.165, 1.54) is 49.9 Å². The van der Waals surface area contributed by atoms with Gasteiger partial charge in [-0.15, -0.1) is 35.3 Å². The van der Waals surface area contributed by atoms with Crippen LogP contribution in [0.5, 0.6) is 0 Å². The lowest BCUT2D eigenvalue weighted by molar-refractivity contribution is 0.0574. The van der Waals surface area contributed by atoms with Crippen molar-refractivity contribution in [2.24, 2.45) is 10.9 Å². The Morgan fingerprint density at radius 1 is 1.25 bits per heavy atom. The standard InChI is InChI=1S/C21H36N4OS.HI/c1-22-21(23-12-7-14-26-18-9-3-4-10-18)24-16-17-8-5-13-25(2)20(17)19-11-6-15-27-19;/h6,11,15,17-18,20H,3-5,7-10,12-14,16H2,1-2H3,(H2,22,23,24);1H. The molecule has 2 unspecified atom stereocenters. The molecular formula is C21H37IN4OS. The van der Waals surface area contributed by atoms with Gasteiger partial charge >= 0.3 is 0 Å². The Bertz CT molecular complexity index is 563. The van der Waals surface area contributed by atoms with Gasteiger partial charge in [-0.1, -0.05) is 18.9 Å². The highest BCUT2D eigenvalue weighted by Crippen LogP contribution is 2.36. The van der Waals surface area contributed by atoms with E-state index in [2.05, 4.69) is 45.1 Å². The van der Waals surface area contributed by atoms with Gasteiger partial charge in [0.25, 0.3) is 0 Å². The van der Waals surface area contributed by atoms with Crippen molar-refractivity contribution in [2.45, 2.75) is 57.1 Å². The predicted octanol–water partition coefficient (Wildman–Crippen LogP) is 4.26. The molecule has 2 N–H and O–H groups in total. The second-order valence-electron chi connectivity index (χ2n) is 7.85. The van der Waals surface area contributed by atoms with Crippen LogP contribution >= 0.6 is 35.3 Å². The topological polar surface area (TPSA) is 48.9 Å².